The van der Waals surface area contributed by atoms with Crippen molar-refractivity contribution in [1.29, 1.82) is 0 Å². The summed E-state index contributed by atoms with van der Waals surface area (Å²) in [6.07, 6.45) is 0.852. The second-order valence-corrected chi connectivity index (χ2v) is 6.56. The molecule has 1 heterocycles. The molecule has 1 aromatic rings. The summed E-state index contributed by atoms with van der Waals surface area (Å²) in [4.78, 5) is 0.241. The van der Waals surface area contributed by atoms with Crippen LogP contribution < -0.4 is 4.74 Å². The molecule has 0 radical (unpaired) electrons. The van der Waals surface area contributed by atoms with Crippen molar-refractivity contribution >= 4 is 10.0 Å². The Bertz CT molecular complexity index is 512. The number of sulfonamides is 1. The number of aliphatic hydroxyl groups is 1. The minimum absolute atomic E-state index is 0.177. The van der Waals surface area contributed by atoms with Crippen LogP contribution in [0.5, 0.6) is 5.75 Å². The van der Waals surface area contributed by atoms with Gasteiger partial charge in [0.15, 0.2) is 0 Å². The van der Waals surface area contributed by atoms with E-state index in [-0.39, 0.29) is 11.4 Å². The first-order chi connectivity index (χ1) is 9.04. The maximum Gasteiger partial charge on any atom is 0.243 e. The lowest BCUT2D eigenvalue weighted by Gasteiger charge is -2.16. The van der Waals surface area contributed by atoms with Crippen molar-refractivity contribution < 1.29 is 18.3 Å². The molecule has 0 bridgehead atoms. The number of benzene rings is 1. The lowest BCUT2D eigenvalue weighted by molar-refractivity contribution is 0.189. The zero-order chi connectivity index (χ0) is 13.9. The van der Waals surface area contributed by atoms with Crippen molar-refractivity contribution in [1.82, 2.24) is 4.31 Å². The Hall–Kier alpha value is -1.11. The summed E-state index contributed by atoms with van der Waals surface area (Å²) < 4.78 is 31.3. The Morgan fingerprint density at radius 1 is 1.37 bits per heavy atom. The van der Waals surface area contributed by atoms with E-state index in [0.29, 0.717) is 25.3 Å². The first kappa shape index (κ1) is 14.3. The molecule has 0 saturated carbocycles. The van der Waals surface area contributed by atoms with Gasteiger partial charge in [0.05, 0.1) is 17.6 Å². The third-order valence-corrected chi connectivity index (χ3v) is 4.94. The van der Waals surface area contributed by atoms with Gasteiger partial charge in [0.25, 0.3) is 0 Å². The fourth-order valence-electron chi connectivity index (χ4n) is 2.01. The molecule has 0 aromatic heterocycles. The topological polar surface area (TPSA) is 66.8 Å². The monoisotopic (exact) mass is 285 g/mol. The van der Waals surface area contributed by atoms with E-state index in [1.807, 2.05) is 6.92 Å². The first-order valence-electron chi connectivity index (χ1n) is 6.45. The summed E-state index contributed by atoms with van der Waals surface area (Å²) in [6, 6.07) is 6.42. The van der Waals surface area contributed by atoms with Crippen LogP contribution in [-0.2, 0) is 10.0 Å². The molecule has 0 amide bonds. The SMILES string of the molecule is CCCOc1ccc(S(=O)(=O)N2CCC(O)C2)cc1. The van der Waals surface area contributed by atoms with E-state index in [1.165, 1.54) is 4.31 Å². The standard InChI is InChI=1S/C13H19NO4S/c1-2-9-18-12-3-5-13(6-4-12)19(16,17)14-8-7-11(15)10-14/h3-6,11,15H,2,7-10H2,1H3. The van der Waals surface area contributed by atoms with Crippen LogP contribution in [0.15, 0.2) is 29.2 Å². The molecular weight excluding hydrogens is 266 g/mol. The fraction of sp³-hybridized carbons (Fsp3) is 0.538. The molecule has 1 saturated heterocycles. The Labute approximate surface area is 113 Å². The van der Waals surface area contributed by atoms with Crippen LogP contribution in [0.3, 0.4) is 0 Å². The highest BCUT2D eigenvalue weighted by atomic mass is 32.2. The second-order valence-electron chi connectivity index (χ2n) is 4.63. The van der Waals surface area contributed by atoms with Gasteiger partial charge in [-0.2, -0.15) is 4.31 Å². The summed E-state index contributed by atoms with van der Waals surface area (Å²) >= 11 is 0. The number of hydrogen-bond donors (Lipinski definition) is 1. The molecule has 2 rings (SSSR count). The number of β-amino-alcohol motifs (C(OH)–C–C–N with tert-alkyl or cyclic N) is 1. The lowest BCUT2D eigenvalue weighted by atomic mass is 10.3. The molecule has 0 spiro atoms. The second kappa shape index (κ2) is 5.90. The van der Waals surface area contributed by atoms with E-state index in [0.717, 1.165) is 6.42 Å². The number of ether oxygens (including phenoxy) is 1. The number of nitrogens with zero attached hydrogens (tertiary/aromatic N) is 1. The maximum absolute atomic E-state index is 12.3. The van der Waals surface area contributed by atoms with Crippen LogP contribution in [0.1, 0.15) is 19.8 Å². The molecule has 106 valence electrons. The summed E-state index contributed by atoms with van der Waals surface area (Å²) in [7, 11) is -3.49. The van der Waals surface area contributed by atoms with Crippen molar-refractivity contribution in [3.05, 3.63) is 24.3 Å². The third-order valence-electron chi connectivity index (χ3n) is 3.06. The van der Waals surface area contributed by atoms with Crippen molar-refractivity contribution in [2.45, 2.75) is 30.8 Å². The molecule has 1 unspecified atom stereocenters. The van der Waals surface area contributed by atoms with Gasteiger partial charge >= 0.3 is 0 Å². The van der Waals surface area contributed by atoms with Gasteiger partial charge in [-0.15, -0.1) is 0 Å². The van der Waals surface area contributed by atoms with E-state index in [9.17, 15) is 13.5 Å². The highest BCUT2D eigenvalue weighted by Gasteiger charge is 2.31. The summed E-state index contributed by atoms with van der Waals surface area (Å²) in [5.74, 6) is 0.669. The largest absolute Gasteiger partial charge is 0.494 e. The molecule has 19 heavy (non-hydrogen) atoms. The normalized spacial score (nSPS) is 20.6. The van der Waals surface area contributed by atoms with Crippen LogP contribution in [0.4, 0.5) is 0 Å². The molecule has 1 aliphatic rings. The van der Waals surface area contributed by atoms with Crippen LogP contribution in [0.2, 0.25) is 0 Å². The molecule has 6 heteroatoms. The predicted octanol–water partition coefficient (Wildman–Crippen LogP) is 1.23. The van der Waals surface area contributed by atoms with Gasteiger partial charge in [0.1, 0.15) is 5.75 Å². The Morgan fingerprint density at radius 3 is 2.58 bits per heavy atom. The molecular formula is C13H19NO4S. The first-order valence-corrected chi connectivity index (χ1v) is 7.89. The molecule has 1 aromatic carbocycles. The van der Waals surface area contributed by atoms with Crippen molar-refractivity contribution in [2.75, 3.05) is 19.7 Å². The third kappa shape index (κ3) is 3.26. The highest BCUT2D eigenvalue weighted by Crippen LogP contribution is 2.23. The molecule has 5 nitrogen and oxygen atoms in total. The zero-order valence-electron chi connectivity index (χ0n) is 10.9. The number of aliphatic hydroxyl groups excluding tert-OH is 1. The van der Waals surface area contributed by atoms with Gasteiger partial charge in [-0.1, -0.05) is 6.92 Å². The van der Waals surface area contributed by atoms with E-state index in [1.54, 1.807) is 24.3 Å². The number of rotatable bonds is 5. The predicted molar refractivity (Wildman–Crippen MR) is 71.6 cm³/mol. The van der Waals surface area contributed by atoms with Crippen LogP contribution >= 0.6 is 0 Å². The van der Waals surface area contributed by atoms with Gasteiger partial charge in [-0.05, 0) is 37.1 Å². The van der Waals surface area contributed by atoms with Gasteiger partial charge in [-0.3, -0.25) is 0 Å². The Kier molecular flexibility index (Phi) is 4.44. The van der Waals surface area contributed by atoms with Gasteiger partial charge in [0.2, 0.25) is 10.0 Å². The molecule has 1 atom stereocenters. The summed E-state index contributed by atoms with van der Waals surface area (Å²) in [6.45, 7) is 3.18. The quantitative estimate of drug-likeness (QED) is 0.883. The minimum atomic E-state index is -3.49. The van der Waals surface area contributed by atoms with Crippen molar-refractivity contribution in [3.8, 4) is 5.75 Å². The molecule has 1 fully saturated rings. The van der Waals surface area contributed by atoms with E-state index >= 15 is 0 Å². The van der Waals surface area contributed by atoms with Crippen LogP contribution in [0, 0.1) is 0 Å². The maximum atomic E-state index is 12.3. The van der Waals surface area contributed by atoms with Crippen LogP contribution in [0.25, 0.3) is 0 Å². The van der Waals surface area contributed by atoms with Crippen molar-refractivity contribution in [2.24, 2.45) is 0 Å². The average molecular weight is 285 g/mol. The molecule has 1 N–H and O–H groups in total. The Morgan fingerprint density at radius 2 is 2.05 bits per heavy atom. The zero-order valence-corrected chi connectivity index (χ0v) is 11.8. The van der Waals surface area contributed by atoms with E-state index < -0.39 is 16.1 Å². The summed E-state index contributed by atoms with van der Waals surface area (Å²) in [5, 5.41) is 9.42. The number of hydrogen-bond acceptors (Lipinski definition) is 4. The fourth-order valence-corrected chi connectivity index (χ4v) is 3.50. The van der Waals surface area contributed by atoms with Gasteiger partial charge in [0, 0.05) is 13.1 Å². The average Bonchev–Trinajstić information content (AvgIpc) is 2.84. The van der Waals surface area contributed by atoms with Gasteiger partial charge in [-0.25, -0.2) is 8.42 Å². The molecule has 1 aliphatic heterocycles. The molecule has 0 aliphatic carbocycles. The smallest absolute Gasteiger partial charge is 0.243 e. The van der Waals surface area contributed by atoms with Crippen molar-refractivity contribution in [3.63, 3.8) is 0 Å². The van der Waals surface area contributed by atoms with Crippen LogP contribution in [-0.4, -0.2) is 43.6 Å². The highest BCUT2D eigenvalue weighted by molar-refractivity contribution is 7.89. The van der Waals surface area contributed by atoms with Gasteiger partial charge < -0.3 is 9.84 Å². The minimum Gasteiger partial charge on any atom is -0.494 e. The van der Waals surface area contributed by atoms with E-state index in [4.69, 9.17) is 4.74 Å². The summed E-state index contributed by atoms with van der Waals surface area (Å²) in [5.41, 5.74) is 0. The van der Waals surface area contributed by atoms with E-state index in [2.05, 4.69) is 0 Å². The lowest BCUT2D eigenvalue weighted by Crippen LogP contribution is -2.29. The Balaban J connectivity index is 2.12.